The molecule has 0 spiro atoms. The van der Waals surface area contributed by atoms with Crippen molar-refractivity contribution in [1.82, 2.24) is 9.78 Å². The van der Waals surface area contributed by atoms with Gasteiger partial charge in [0, 0.05) is 28.9 Å². The van der Waals surface area contributed by atoms with Crippen LogP contribution in [0.25, 0.3) is 5.57 Å². The normalized spacial score (nSPS) is 13.7. The molecule has 0 saturated carbocycles. The second-order valence-electron chi connectivity index (χ2n) is 6.34. The lowest BCUT2D eigenvalue weighted by molar-refractivity contribution is -0.141. The molecule has 1 aromatic heterocycles. The number of carbonyl (C=O) groups excluding carboxylic acids is 1. The first kappa shape index (κ1) is 21.0. The number of nitrogens with zero attached hydrogens (tertiary/aromatic N) is 2. The van der Waals surface area contributed by atoms with Crippen molar-refractivity contribution in [2.75, 3.05) is 9.74 Å². The minimum absolute atomic E-state index is 0.490. The Hall–Kier alpha value is -1.77. The van der Waals surface area contributed by atoms with Gasteiger partial charge in [-0.2, -0.15) is 18.3 Å². The molecule has 0 fully saturated rings. The molecule has 9 heteroatoms. The zero-order valence-electron chi connectivity index (χ0n) is 14.8. The Kier molecular flexibility index (Phi) is 6.21. The number of anilines is 1. The lowest BCUT2D eigenvalue weighted by Gasteiger charge is -2.21. The summed E-state index contributed by atoms with van der Waals surface area (Å²) in [5, 5.41) is 6.61. The predicted octanol–water partition coefficient (Wildman–Crippen LogP) is 5.57. The third-order valence-corrected chi connectivity index (χ3v) is 5.79. The summed E-state index contributed by atoms with van der Waals surface area (Å²) < 4.78 is 41.1. The van der Waals surface area contributed by atoms with Crippen molar-refractivity contribution in [3.05, 3.63) is 57.5 Å². The van der Waals surface area contributed by atoms with Gasteiger partial charge in [0.05, 0.1) is 10.6 Å². The van der Waals surface area contributed by atoms with E-state index in [1.807, 2.05) is 6.07 Å². The van der Waals surface area contributed by atoms with Crippen molar-refractivity contribution in [2.24, 2.45) is 7.05 Å². The van der Waals surface area contributed by atoms with E-state index in [-0.39, 0.29) is 0 Å². The van der Waals surface area contributed by atoms with Gasteiger partial charge in [0.1, 0.15) is 0 Å². The summed E-state index contributed by atoms with van der Waals surface area (Å²) in [5.74, 6) is -0.842. The molecular formula is C19H16ClF3IN3O. The fourth-order valence-electron chi connectivity index (χ4n) is 3.21. The molecule has 0 aliphatic heterocycles. The van der Waals surface area contributed by atoms with E-state index in [2.05, 4.69) is 38.7 Å². The summed E-state index contributed by atoms with van der Waals surface area (Å²) in [5.41, 5.74) is 4.70. The first-order valence-electron chi connectivity index (χ1n) is 8.45. The molecule has 2 aromatic rings. The number of allylic oxidation sites excluding steroid dienone is 1. The van der Waals surface area contributed by atoms with E-state index >= 15 is 0 Å². The minimum atomic E-state index is -4.71. The molecule has 4 nitrogen and oxygen atoms in total. The number of carbonyl (C=O) groups is 1. The lowest BCUT2D eigenvalue weighted by Crippen LogP contribution is -2.19. The molecule has 0 radical (unpaired) electrons. The van der Waals surface area contributed by atoms with Crippen LogP contribution in [0.2, 0.25) is 0 Å². The Labute approximate surface area is 178 Å². The third-order valence-electron chi connectivity index (χ3n) is 4.35. The molecule has 0 bridgehead atoms. The van der Waals surface area contributed by atoms with Crippen molar-refractivity contribution in [1.29, 1.82) is 0 Å². The van der Waals surface area contributed by atoms with Crippen molar-refractivity contribution < 1.29 is 18.0 Å². The van der Waals surface area contributed by atoms with Crippen LogP contribution in [0.4, 0.5) is 18.9 Å². The number of aromatic nitrogens is 2. The number of aryl methyl sites for hydroxylation is 1. The van der Waals surface area contributed by atoms with Crippen LogP contribution in [-0.4, -0.2) is 20.1 Å². The van der Waals surface area contributed by atoms with Crippen LogP contribution >= 0.6 is 34.2 Å². The molecule has 1 amide bonds. The zero-order valence-corrected chi connectivity index (χ0v) is 17.7. The molecule has 0 saturated heterocycles. The first-order valence-corrected chi connectivity index (χ1v) is 10.4. The average molecular weight is 522 g/mol. The van der Waals surface area contributed by atoms with Gasteiger partial charge in [-0.05, 0) is 36.5 Å². The minimum Gasteiger partial charge on any atom is -0.322 e. The maximum Gasteiger partial charge on any atom is 0.435 e. The number of rotatable bonds is 3. The highest BCUT2D eigenvalue weighted by Crippen LogP contribution is 2.36. The molecular weight excluding hydrogens is 506 g/mol. The number of hydrogen-bond donors (Lipinski definition) is 1. The quantitative estimate of drug-likeness (QED) is 0.326. The second kappa shape index (κ2) is 8.31. The van der Waals surface area contributed by atoms with Gasteiger partial charge in [0.15, 0.2) is 5.69 Å². The van der Waals surface area contributed by atoms with Crippen molar-refractivity contribution in [2.45, 2.75) is 25.4 Å². The van der Waals surface area contributed by atoms with E-state index in [1.54, 1.807) is 12.1 Å². The monoisotopic (exact) mass is 521 g/mol. The number of benzene rings is 1. The van der Waals surface area contributed by atoms with Gasteiger partial charge in [0.2, 0.25) is 0 Å². The Morgan fingerprint density at radius 1 is 1.39 bits per heavy atom. The van der Waals surface area contributed by atoms with Crippen LogP contribution in [0.15, 0.2) is 35.2 Å². The Balaban J connectivity index is 1.99. The topological polar surface area (TPSA) is 46.9 Å². The van der Waals surface area contributed by atoms with Crippen molar-refractivity contribution in [3.8, 4) is 0 Å². The SMILES string of the molecule is Cn1cc(C(=O)Nc2cccc3c2CCCC3=C=C(Cl)CI)c(C(F)(F)F)n1. The first-order chi connectivity index (χ1) is 13.2. The summed E-state index contributed by atoms with van der Waals surface area (Å²) in [7, 11) is 1.34. The van der Waals surface area contributed by atoms with Crippen molar-refractivity contribution >= 4 is 51.4 Å². The van der Waals surface area contributed by atoms with Crippen LogP contribution in [0, 0.1) is 0 Å². The highest BCUT2D eigenvalue weighted by molar-refractivity contribution is 14.1. The molecule has 0 unspecified atom stereocenters. The number of fused-ring (bicyclic) bond motifs is 1. The highest BCUT2D eigenvalue weighted by Gasteiger charge is 2.39. The maximum absolute atomic E-state index is 13.2. The van der Waals surface area contributed by atoms with E-state index in [1.165, 1.54) is 7.05 Å². The third kappa shape index (κ3) is 4.45. The van der Waals surface area contributed by atoms with Crippen LogP contribution in [0.3, 0.4) is 0 Å². The Bertz CT molecular complexity index is 991. The van der Waals surface area contributed by atoms with E-state index in [4.69, 9.17) is 11.6 Å². The van der Waals surface area contributed by atoms with Gasteiger partial charge in [-0.1, -0.05) is 46.3 Å². The van der Waals surface area contributed by atoms with Gasteiger partial charge in [-0.3, -0.25) is 9.48 Å². The molecule has 1 N–H and O–H groups in total. The summed E-state index contributed by atoms with van der Waals surface area (Å²) >= 11 is 8.27. The summed E-state index contributed by atoms with van der Waals surface area (Å²) in [6, 6.07) is 5.36. The van der Waals surface area contributed by atoms with Crippen LogP contribution in [0.5, 0.6) is 0 Å². The Morgan fingerprint density at radius 2 is 2.14 bits per heavy atom. The molecule has 148 valence electrons. The average Bonchev–Trinajstić information content (AvgIpc) is 3.05. The molecule has 1 heterocycles. The van der Waals surface area contributed by atoms with E-state index in [9.17, 15) is 18.0 Å². The molecule has 1 aliphatic rings. The zero-order chi connectivity index (χ0) is 20.5. The summed E-state index contributed by atoms with van der Waals surface area (Å²) in [6.45, 7) is 0. The summed E-state index contributed by atoms with van der Waals surface area (Å²) in [4.78, 5) is 12.6. The predicted molar refractivity (Wildman–Crippen MR) is 111 cm³/mol. The van der Waals surface area contributed by atoms with Crippen LogP contribution in [0.1, 0.15) is 40.0 Å². The van der Waals surface area contributed by atoms with E-state index in [0.717, 1.165) is 40.4 Å². The molecule has 3 rings (SSSR count). The summed E-state index contributed by atoms with van der Waals surface area (Å²) in [6.07, 6.45) is -1.28. The van der Waals surface area contributed by atoms with Gasteiger partial charge >= 0.3 is 6.18 Å². The number of alkyl halides is 4. The number of amides is 1. The number of nitrogens with one attached hydrogen (secondary N) is 1. The van der Waals surface area contributed by atoms with Crippen LogP contribution in [-0.2, 0) is 19.6 Å². The van der Waals surface area contributed by atoms with Gasteiger partial charge < -0.3 is 5.32 Å². The van der Waals surface area contributed by atoms with Gasteiger partial charge in [-0.15, -0.1) is 5.73 Å². The van der Waals surface area contributed by atoms with Gasteiger partial charge in [0.25, 0.3) is 5.91 Å². The smallest absolute Gasteiger partial charge is 0.322 e. The standard InChI is InChI=1S/C19H16ClF3IN3O/c1-27-10-15(17(26-27)19(21,22)23)18(28)25-16-7-3-5-13-11(8-12(20)9-24)4-2-6-14(13)16/h3,5,7,10H,2,4,6,9H2,1H3,(H,25,28). The molecule has 1 aromatic carbocycles. The maximum atomic E-state index is 13.2. The van der Waals surface area contributed by atoms with Gasteiger partial charge in [-0.25, -0.2) is 0 Å². The Morgan fingerprint density at radius 3 is 2.82 bits per heavy atom. The largest absolute Gasteiger partial charge is 0.435 e. The van der Waals surface area contributed by atoms with Crippen molar-refractivity contribution in [3.63, 3.8) is 0 Å². The highest BCUT2D eigenvalue weighted by atomic mass is 127. The molecule has 1 aliphatic carbocycles. The fraction of sp³-hybridized carbons (Fsp3) is 0.316. The number of halogens is 5. The second-order valence-corrected chi connectivity index (χ2v) is 7.56. The fourth-order valence-corrected chi connectivity index (χ4v) is 3.52. The molecule has 28 heavy (non-hydrogen) atoms. The number of hydrogen-bond acceptors (Lipinski definition) is 2. The van der Waals surface area contributed by atoms with E-state index in [0.29, 0.717) is 21.6 Å². The molecule has 0 atom stereocenters. The van der Waals surface area contributed by atoms with E-state index < -0.39 is 23.3 Å². The lowest BCUT2D eigenvalue weighted by atomic mass is 9.86. The van der Waals surface area contributed by atoms with Crippen LogP contribution < -0.4 is 5.32 Å².